The van der Waals surface area contributed by atoms with Crippen molar-refractivity contribution in [2.75, 3.05) is 32.8 Å². The Kier molecular flexibility index (Phi) is 7.44. The Morgan fingerprint density at radius 1 is 1.06 bits per heavy atom. The summed E-state index contributed by atoms with van der Waals surface area (Å²) in [5.41, 5.74) is 4.48. The SMILES string of the molecule is [2H]CC1(CO)CCN(C(=O)CCCCCNC(=O)OCC2c3ccccc3-c3ccccc32)CC1. The van der Waals surface area contributed by atoms with E-state index in [9.17, 15) is 14.7 Å². The van der Waals surface area contributed by atoms with Gasteiger partial charge in [0.05, 0.1) is 0 Å². The van der Waals surface area contributed by atoms with E-state index in [0.29, 0.717) is 45.5 Å². The summed E-state index contributed by atoms with van der Waals surface area (Å²) in [6, 6.07) is 16.5. The zero-order valence-electron chi connectivity index (χ0n) is 20.8. The first-order chi connectivity index (χ1) is 17.1. The molecule has 6 nitrogen and oxygen atoms in total. The molecule has 1 heterocycles. The van der Waals surface area contributed by atoms with Gasteiger partial charge < -0.3 is 20.1 Å². The molecule has 0 aromatic heterocycles. The lowest BCUT2D eigenvalue weighted by molar-refractivity contribution is -0.134. The van der Waals surface area contributed by atoms with Crippen molar-refractivity contribution in [3.05, 3.63) is 59.7 Å². The molecule has 0 spiro atoms. The van der Waals surface area contributed by atoms with Crippen LogP contribution in [-0.2, 0) is 9.53 Å². The van der Waals surface area contributed by atoms with E-state index in [1.54, 1.807) is 0 Å². The molecule has 2 amide bonds. The normalized spacial score (nSPS) is 17.0. The van der Waals surface area contributed by atoms with Crippen LogP contribution in [0, 0.1) is 5.41 Å². The second-order valence-electron chi connectivity index (χ2n) is 9.60. The Labute approximate surface area is 203 Å². The van der Waals surface area contributed by atoms with Gasteiger partial charge >= 0.3 is 6.09 Å². The number of ether oxygens (including phenoxy) is 1. The summed E-state index contributed by atoms with van der Waals surface area (Å²) < 4.78 is 13.2. The minimum Gasteiger partial charge on any atom is -0.449 e. The van der Waals surface area contributed by atoms with Crippen LogP contribution in [0.5, 0.6) is 0 Å². The second kappa shape index (κ2) is 11.0. The van der Waals surface area contributed by atoms with E-state index in [1.807, 2.05) is 29.2 Å². The molecular formula is C28H36N2O4. The maximum Gasteiger partial charge on any atom is 0.407 e. The number of benzene rings is 2. The van der Waals surface area contributed by atoms with Crippen molar-refractivity contribution in [3.63, 3.8) is 0 Å². The number of rotatable bonds is 9. The molecular weight excluding hydrogens is 428 g/mol. The van der Waals surface area contributed by atoms with Gasteiger partial charge in [0.2, 0.25) is 5.91 Å². The van der Waals surface area contributed by atoms with Crippen LogP contribution in [0.2, 0.25) is 0 Å². The van der Waals surface area contributed by atoms with E-state index in [2.05, 4.69) is 29.6 Å². The number of hydrogen-bond acceptors (Lipinski definition) is 4. The molecule has 4 rings (SSSR count). The molecule has 0 saturated carbocycles. The van der Waals surface area contributed by atoms with Gasteiger partial charge in [0, 0.05) is 40.0 Å². The first kappa shape index (κ1) is 22.9. The van der Waals surface area contributed by atoms with Crippen LogP contribution in [0.4, 0.5) is 4.79 Å². The summed E-state index contributed by atoms with van der Waals surface area (Å²) in [4.78, 5) is 26.5. The average Bonchev–Trinajstić information content (AvgIpc) is 3.23. The maximum atomic E-state index is 12.4. The molecule has 0 atom stereocenters. The van der Waals surface area contributed by atoms with E-state index in [-0.39, 0.29) is 30.7 Å². The van der Waals surface area contributed by atoms with Gasteiger partial charge in [-0.2, -0.15) is 0 Å². The van der Waals surface area contributed by atoms with Crippen molar-refractivity contribution < 1.29 is 20.8 Å². The van der Waals surface area contributed by atoms with Gasteiger partial charge in [-0.3, -0.25) is 4.79 Å². The standard InChI is InChI=1S/C28H36N2O4/c1-28(20-31)14-17-30(18-15-28)26(32)13-3-2-8-16-29-27(33)34-19-25-23-11-6-4-9-21(23)22-10-5-7-12-24(22)25/h4-7,9-12,25,31H,2-3,8,13-20H2,1H3,(H,29,33)/i1D. The molecule has 34 heavy (non-hydrogen) atoms. The Balaban J connectivity index is 1.11. The lowest BCUT2D eigenvalue weighted by atomic mass is 9.81. The number of carbonyl (C=O) groups is 2. The van der Waals surface area contributed by atoms with Crippen LogP contribution in [0.1, 0.15) is 63.8 Å². The van der Waals surface area contributed by atoms with Crippen LogP contribution >= 0.6 is 0 Å². The molecule has 1 aliphatic heterocycles. The summed E-state index contributed by atoms with van der Waals surface area (Å²) in [6.07, 6.45) is 3.92. The van der Waals surface area contributed by atoms with Crippen LogP contribution in [0.15, 0.2) is 48.5 Å². The predicted octanol–water partition coefficient (Wildman–Crippen LogP) is 4.71. The quantitative estimate of drug-likeness (QED) is 0.526. The summed E-state index contributed by atoms with van der Waals surface area (Å²) in [7, 11) is 0. The molecule has 2 aromatic rings. The fourth-order valence-corrected chi connectivity index (χ4v) is 4.96. The molecule has 1 saturated heterocycles. The number of carbonyl (C=O) groups excluding carboxylic acids is 2. The minimum absolute atomic E-state index is 0.0230. The molecule has 2 N–H and O–H groups in total. The highest BCUT2D eigenvalue weighted by Gasteiger charge is 2.31. The van der Waals surface area contributed by atoms with Crippen molar-refractivity contribution >= 4 is 12.0 Å². The van der Waals surface area contributed by atoms with Gasteiger partial charge in [0.15, 0.2) is 0 Å². The third-order valence-corrected chi connectivity index (χ3v) is 7.19. The van der Waals surface area contributed by atoms with E-state index in [0.717, 1.165) is 19.3 Å². The molecule has 1 aliphatic carbocycles. The number of amides is 2. The molecule has 2 aromatic carbocycles. The first-order valence-corrected chi connectivity index (χ1v) is 12.3. The van der Waals surface area contributed by atoms with Crippen molar-refractivity contribution in [1.82, 2.24) is 10.2 Å². The van der Waals surface area contributed by atoms with Gasteiger partial charge in [0.25, 0.3) is 0 Å². The molecule has 0 unspecified atom stereocenters. The lowest BCUT2D eigenvalue weighted by Crippen LogP contribution is -2.43. The number of unbranched alkanes of at least 4 members (excludes halogenated alkanes) is 2. The van der Waals surface area contributed by atoms with Crippen LogP contribution in [0.25, 0.3) is 11.1 Å². The third kappa shape index (κ3) is 5.61. The highest BCUT2D eigenvalue weighted by atomic mass is 16.5. The topological polar surface area (TPSA) is 78.9 Å². The predicted molar refractivity (Wildman–Crippen MR) is 133 cm³/mol. The second-order valence-corrected chi connectivity index (χ2v) is 9.60. The maximum absolute atomic E-state index is 12.4. The van der Waals surface area contributed by atoms with Gasteiger partial charge in [0.1, 0.15) is 6.61 Å². The summed E-state index contributed by atoms with van der Waals surface area (Å²) in [5.74, 6) is 0.198. The Morgan fingerprint density at radius 3 is 2.32 bits per heavy atom. The highest BCUT2D eigenvalue weighted by molar-refractivity contribution is 5.79. The van der Waals surface area contributed by atoms with E-state index in [4.69, 9.17) is 6.11 Å². The molecule has 182 valence electrons. The number of hydrogen-bond donors (Lipinski definition) is 2. The number of piperidine rings is 1. The van der Waals surface area contributed by atoms with E-state index >= 15 is 0 Å². The number of aliphatic hydroxyl groups excluding tert-OH is 1. The van der Waals surface area contributed by atoms with Crippen molar-refractivity contribution in [2.24, 2.45) is 5.41 Å². The molecule has 2 aliphatic rings. The number of nitrogens with zero attached hydrogens (tertiary/aromatic N) is 1. The van der Waals surface area contributed by atoms with Crippen LogP contribution < -0.4 is 5.32 Å². The van der Waals surface area contributed by atoms with E-state index in [1.165, 1.54) is 22.3 Å². The van der Waals surface area contributed by atoms with Crippen LogP contribution in [-0.4, -0.2) is 54.9 Å². The van der Waals surface area contributed by atoms with Gasteiger partial charge in [-0.15, -0.1) is 0 Å². The number of likely N-dealkylation sites (tertiary alicyclic amines) is 1. The molecule has 0 radical (unpaired) electrons. The number of fused-ring (bicyclic) bond motifs is 3. The summed E-state index contributed by atoms with van der Waals surface area (Å²) >= 11 is 0. The van der Waals surface area contributed by atoms with Gasteiger partial charge in [-0.25, -0.2) is 4.79 Å². The smallest absolute Gasteiger partial charge is 0.407 e. The molecule has 6 heteroatoms. The fourth-order valence-electron chi connectivity index (χ4n) is 4.96. The number of nitrogens with one attached hydrogen (secondary N) is 1. The summed E-state index contributed by atoms with van der Waals surface area (Å²) in [5, 5.41) is 12.4. The van der Waals surface area contributed by atoms with Crippen LogP contribution in [0.3, 0.4) is 0 Å². The zero-order chi connectivity index (χ0) is 24.7. The molecule has 1 fully saturated rings. The Morgan fingerprint density at radius 2 is 1.71 bits per heavy atom. The minimum atomic E-state index is -0.405. The van der Waals surface area contributed by atoms with Gasteiger partial charge in [-0.1, -0.05) is 61.9 Å². The lowest BCUT2D eigenvalue weighted by Gasteiger charge is -2.38. The number of aliphatic hydroxyl groups is 1. The van der Waals surface area contributed by atoms with E-state index < -0.39 is 6.09 Å². The summed E-state index contributed by atoms with van der Waals surface area (Å²) in [6.45, 7) is 2.32. The number of alkyl carbamates (subject to hydrolysis) is 1. The van der Waals surface area contributed by atoms with Crippen molar-refractivity contribution in [2.45, 2.75) is 51.3 Å². The third-order valence-electron chi connectivity index (χ3n) is 7.19. The Hall–Kier alpha value is -2.86. The average molecular weight is 466 g/mol. The van der Waals surface area contributed by atoms with Crippen molar-refractivity contribution in [3.8, 4) is 11.1 Å². The van der Waals surface area contributed by atoms with Crippen molar-refractivity contribution in [1.29, 1.82) is 0 Å². The zero-order valence-corrected chi connectivity index (χ0v) is 19.8. The monoisotopic (exact) mass is 465 g/mol. The van der Waals surface area contributed by atoms with Gasteiger partial charge in [-0.05, 0) is 53.4 Å². The first-order valence-electron chi connectivity index (χ1n) is 13.0. The highest BCUT2D eigenvalue weighted by Crippen LogP contribution is 2.44. The Bertz CT molecular complexity index is 968. The fraction of sp³-hybridized carbons (Fsp3) is 0.500. The largest absolute Gasteiger partial charge is 0.449 e. The molecule has 0 bridgehead atoms.